The Morgan fingerprint density at radius 1 is 1.08 bits per heavy atom. The highest BCUT2D eigenvalue weighted by Crippen LogP contribution is 2.33. The molecule has 0 heterocycles. The van der Waals surface area contributed by atoms with Crippen molar-refractivity contribution in [2.75, 3.05) is 5.32 Å². The zero-order valence-electron chi connectivity index (χ0n) is 14.7. The Morgan fingerprint density at radius 2 is 1.64 bits per heavy atom. The quantitative estimate of drug-likeness (QED) is 0.545. The van der Waals surface area contributed by atoms with Crippen LogP contribution in [0.3, 0.4) is 0 Å². The van der Waals surface area contributed by atoms with Crippen molar-refractivity contribution in [2.24, 2.45) is 0 Å². The number of hydrogen-bond donors (Lipinski definition) is 1. The molecule has 2 rings (SSSR count). The lowest BCUT2D eigenvalue weighted by atomic mass is 9.92. The summed E-state index contributed by atoms with van der Waals surface area (Å²) in [6.45, 7) is 8.17. The number of benzene rings is 2. The number of para-hydroxylation sites is 1. The molecule has 5 nitrogen and oxygen atoms in total. The van der Waals surface area contributed by atoms with E-state index in [1.165, 1.54) is 18.2 Å². The highest BCUT2D eigenvalue weighted by Gasteiger charge is 2.23. The number of rotatable bonds is 5. The molecule has 0 atom stereocenters. The first kappa shape index (κ1) is 18.9. The highest BCUT2D eigenvalue weighted by atomic mass is 35.5. The number of nitro benzene ring substituents is 1. The fraction of sp³-hybridized carbons (Fsp3) is 0.316. The monoisotopic (exact) mass is 360 g/mol. The number of nitrogens with one attached hydrogen (secondary N) is 1. The van der Waals surface area contributed by atoms with Gasteiger partial charge in [-0.3, -0.25) is 14.9 Å². The third kappa shape index (κ3) is 4.17. The van der Waals surface area contributed by atoms with Crippen molar-refractivity contribution in [3.63, 3.8) is 0 Å². The summed E-state index contributed by atoms with van der Waals surface area (Å²) in [5, 5.41) is 14.4. The van der Waals surface area contributed by atoms with Crippen LogP contribution in [-0.2, 0) is 0 Å². The summed E-state index contributed by atoms with van der Waals surface area (Å²) in [6, 6.07) is 9.92. The van der Waals surface area contributed by atoms with Gasteiger partial charge in [-0.2, -0.15) is 0 Å². The summed E-state index contributed by atoms with van der Waals surface area (Å²) >= 11 is 5.82. The number of amides is 1. The van der Waals surface area contributed by atoms with E-state index in [1.807, 2.05) is 45.9 Å². The van der Waals surface area contributed by atoms with Crippen LogP contribution in [0.4, 0.5) is 11.4 Å². The van der Waals surface area contributed by atoms with Crippen molar-refractivity contribution < 1.29 is 9.72 Å². The van der Waals surface area contributed by atoms with E-state index in [4.69, 9.17) is 11.6 Å². The van der Waals surface area contributed by atoms with E-state index >= 15 is 0 Å². The van der Waals surface area contributed by atoms with E-state index in [-0.39, 0.29) is 28.1 Å². The molecule has 0 spiro atoms. The molecule has 0 aliphatic carbocycles. The fourth-order valence-corrected chi connectivity index (χ4v) is 2.89. The van der Waals surface area contributed by atoms with Crippen LogP contribution < -0.4 is 5.32 Å². The minimum absolute atomic E-state index is 0.0114. The molecule has 0 aromatic heterocycles. The van der Waals surface area contributed by atoms with Gasteiger partial charge in [-0.05, 0) is 35.1 Å². The second kappa shape index (κ2) is 7.66. The van der Waals surface area contributed by atoms with E-state index in [9.17, 15) is 14.9 Å². The first-order valence-corrected chi connectivity index (χ1v) is 8.48. The summed E-state index contributed by atoms with van der Waals surface area (Å²) in [4.78, 5) is 23.4. The normalized spacial score (nSPS) is 11.0. The predicted molar refractivity (Wildman–Crippen MR) is 101 cm³/mol. The van der Waals surface area contributed by atoms with Crippen LogP contribution in [0.25, 0.3) is 0 Å². The van der Waals surface area contributed by atoms with Crippen LogP contribution >= 0.6 is 11.6 Å². The SMILES string of the molecule is CC(C)c1cccc(C(C)C)c1NC(=O)c1ccc(Cl)cc1[N+](=O)[O-]. The molecule has 2 aromatic carbocycles. The van der Waals surface area contributed by atoms with Gasteiger partial charge in [0.05, 0.1) is 4.92 Å². The zero-order valence-corrected chi connectivity index (χ0v) is 15.4. The van der Waals surface area contributed by atoms with Crippen LogP contribution in [-0.4, -0.2) is 10.8 Å². The lowest BCUT2D eigenvalue weighted by Gasteiger charge is -2.20. The number of nitro groups is 1. The van der Waals surface area contributed by atoms with Crippen LogP contribution in [0, 0.1) is 10.1 Å². The molecule has 1 amide bonds. The Morgan fingerprint density at radius 3 is 2.12 bits per heavy atom. The Kier molecular flexibility index (Phi) is 5.80. The molecule has 0 fully saturated rings. The first-order valence-electron chi connectivity index (χ1n) is 8.10. The third-order valence-electron chi connectivity index (χ3n) is 4.01. The van der Waals surface area contributed by atoms with Crippen LogP contribution in [0.1, 0.15) is 61.0 Å². The van der Waals surface area contributed by atoms with Crippen molar-refractivity contribution in [1.29, 1.82) is 0 Å². The Bertz CT molecular complexity index is 790. The lowest BCUT2D eigenvalue weighted by molar-refractivity contribution is -0.385. The average molecular weight is 361 g/mol. The van der Waals surface area contributed by atoms with E-state index in [0.29, 0.717) is 0 Å². The highest BCUT2D eigenvalue weighted by molar-refractivity contribution is 6.31. The van der Waals surface area contributed by atoms with E-state index in [2.05, 4.69) is 5.32 Å². The fourth-order valence-electron chi connectivity index (χ4n) is 2.72. The lowest BCUT2D eigenvalue weighted by Crippen LogP contribution is -2.17. The molecular formula is C19H21ClN2O3. The minimum atomic E-state index is -0.599. The maximum absolute atomic E-state index is 12.7. The van der Waals surface area contributed by atoms with Crippen molar-refractivity contribution >= 4 is 28.9 Å². The van der Waals surface area contributed by atoms with Gasteiger partial charge in [0.15, 0.2) is 0 Å². The molecule has 1 N–H and O–H groups in total. The van der Waals surface area contributed by atoms with Gasteiger partial charge in [0.1, 0.15) is 5.56 Å². The summed E-state index contributed by atoms with van der Waals surface area (Å²) in [5.41, 5.74) is 2.40. The Labute approximate surface area is 152 Å². The van der Waals surface area contributed by atoms with Crippen molar-refractivity contribution in [2.45, 2.75) is 39.5 Å². The standard InChI is InChI=1S/C19H21ClN2O3/c1-11(2)14-6-5-7-15(12(3)4)18(14)21-19(23)16-9-8-13(20)10-17(16)22(24)25/h5-12H,1-4H3,(H,21,23). The molecule has 0 aliphatic rings. The molecule has 0 bridgehead atoms. The molecular weight excluding hydrogens is 340 g/mol. The van der Waals surface area contributed by atoms with Crippen LogP contribution in [0.15, 0.2) is 36.4 Å². The third-order valence-corrected chi connectivity index (χ3v) is 4.25. The summed E-state index contributed by atoms with van der Waals surface area (Å²) in [7, 11) is 0. The number of halogens is 1. The number of hydrogen-bond acceptors (Lipinski definition) is 3. The molecule has 0 saturated carbocycles. The average Bonchev–Trinajstić information content (AvgIpc) is 2.54. The van der Waals surface area contributed by atoms with Crippen molar-refractivity contribution in [3.8, 4) is 0 Å². The second-order valence-electron chi connectivity index (χ2n) is 6.49. The van der Waals surface area contributed by atoms with Gasteiger partial charge in [-0.15, -0.1) is 0 Å². The summed E-state index contributed by atoms with van der Waals surface area (Å²) in [6.07, 6.45) is 0. The molecule has 0 radical (unpaired) electrons. The van der Waals surface area contributed by atoms with Crippen molar-refractivity contribution in [1.82, 2.24) is 0 Å². The molecule has 0 aliphatic heterocycles. The van der Waals surface area contributed by atoms with Gasteiger partial charge in [-0.25, -0.2) is 0 Å². The molecule has 0 unspecified atom stereocenters. The van der Waals surface area contributed by atoms with E-state index in [0.717, 1.165) is 16.8 Å². The van der Waals surface area contributed by atoms with Gasteiger partial charge < -0.3 is 5.32 Å². The van der Waals surface area contributed by atoms with Crippen LogP contribution in [0.2, 0.25) is 5.02 Å². The van der Waals surface area contributed by atoms with E-state index < -0.39 is 10.8 Å². The summed E-state index contributed by atoms with van der Waals surface area (Å²) < 4.78 is 0. The molecule has 132 valence electrons. The molecule has 2 aromatic rings. The van der Waals surface area contributed by atoms with Gasteiger partial charge in [0.25, 0.3) is 11.6 Å². The molecule has 0 saturated heterocycles. The summed E-state index contributed by atoms with van der Waals surface area (Å²) in [5.74, 6) is -0.109. The van der Waals surface area contributed by atoms with E-state index in [1.54, 1.807) is 0 Å². The van der Waals surface area contributed by atoms with Gasteiger partial charge >= 0.3 is 0 Å². The van der Waals surface area contributed by atoms with Crippen molar-refractivity contribution in [3.05, 3.63) is 68.2 Å². The smallest absolute Gasteiger partial charge is 0.283 e. The zero-order chi connectivity index (χ0) is 18.7. The maximum Gasteiger partial charge on any atom is 0.283 e. The van der Waals surface area contributed by atoms with Gasteiger partial charge in [-0.1, -0.05) is 57.5 Å². The van der Waals surface area contributed by atoms with Crippen LogP contribution in [0.5, 0.6) is 0 Å². The predicted octanol–water partition coefficient (Wildman–Crippen LogP) is 5.75. The molecule has 6 heteroatoms. The molecule has 25 heavy (non-hydrogen) atoms. The number of nitrogens with zero attached hydrogens (tertiary/aromatic N) is 1. The first-order chi connectivity index (χ1) is 11.7. The van der Waals surface area contributed by atoms with Gasteiger partial charge in [0.2, 0.25) is 0 Å². The Balaban J connectivity index is 2.50. The van der Waals surface area contributed by atoms with Gasteiger partial charge in [0, 0.05) is 16.8 Å². The Hall–Kier alpha value is -2.40. The number of carbonyl (C=O) groups excluding carboxylic acids is 1. The maximum atomic E-state index is 12.7. The number of anilines is 1. The largest absolute Gasteiger partial charge is 0.321 e. The second-order valence-corrected chi connectivity index (χ2v) is 6.93. The number of carbonyl (C=O) groups is 1. The minimum Gasteiger partial charge on any atom is -0.321 e. The topological polar surface area (TPSA) is 72.2 Å².